The summed E-state index contributed by atoms with van der Waals surface area (Å²) in [5, 5.41) is 0. The number of nitrogens with two attached hydrogens (primary N) is 1. The van der Waals surface area contributed by atoms with Crippen molar-refractivity contribution in [1.82, 2.24) is 0 Å². The van der Waals surface area contributed by atoms with Gasteiger partial charge in [0.05, 0.1) is 13.2 Å². The first-order chi connectivity index (χ1) is 46.8. The SMILES string of the molecule is CC/C=C\C/C=C\C/C=C\C/C=C\CCCCCCCCCCCCCCCCCCCCCCCCCCCCC(=O)OC(COC(=O)CCCCCCCCCCCCCCCCCCCCCCCCC/C=C\C/C=C\CCCCCCC)COP(=O)(O)OCCN. The molecule has 0 aliphatic rings. The Balaban J connectivity index is 3.74. The van der Waals surface area contributed by atoms with Crippen LogP contribution in [0.15, 0.2) is 72.9 Å². The number of carbonyl (C=O) groups excluding carboxylic acids is 2. The molecule has 0 spiro atoms. The van der Waals surface area contributed by atoms with Gasteiger partial charge in [-0.3, -0.25) is 18.6 Å². The van der Waals surface area contributed by atoms with E-state index in [9.17, 15) is 19.0 Å². The summed E-state index contributed by atoms with van der Waals surface area (Å²) in [6.45, 7) is 3.70. The monoisotopic (exact) mass is 1350 g/mol. The molecule has 0 aliphatic heterocycles. The van der Waals surface area contributed by atoms with Crippen LogP contribution in [0, 0.1) is 0 Å². The van der Waals surface area contributed by atoms with Crippen molar-refractivity contribution in [3.05, 3.63) is 72.9 Å². The van der Waals surface area contributed by atoms with Crippen molar-refractivity contribution in [1.29, 1.82) is 0 Å². The third-order valence-corrected chi connectivity index (χ3v) is 19.6. The van der Waals surface area contributed by atoms with Crippen LogP contribution in [0.1, 0.15) is 425 Å². The maximum Gasteiger partial charge on any atom is 0.472 e. The van der Waals surface area contributed by atoms with E-state index in [1.165, 1.54) is 327 Å². The van der Waals surface area contributed by atoms with Crippen molar-refractivity contribution in [2.24, 2.45) is 5.73 Å². The van der Waals surface area contributed by atoms with E-state index in [-0.39, 0.29) is 38.6 Å². The second-order valence-corrected chi connectivity index (χ2v) is 29.4. The van der Waals surface area contributed by atoms with Crippen LogP contribution in [-0.4, -0.2) is 49.3 Å². The molecule has 0 aromatic heterocycles. The largest absolute Gasteiger partial charge is 0.472 e. The smallest absolute Gasteiger partial charge is 0.462 e. The maximum atomic E-state index is 12.8. The number of rotatable bonds is 79. The topological polar surface area (TPSA) is 134 Å². The first-order valence-corrected chi connectivity index (χ1v) is 42.9. The van der Waals surface area contributed by atoms with Gasteiger partial charge in [0.2, 0.25) is 0 Å². The van der Waals surface area contributed by atoms with Gasteiger partial charge in [0.1, 0.15) is 6.61 Å². The fourth-order valence-corrected chi connectivity index (χ4v) is 13.3. The molecular weight excluding hydrogens is 1190 g/mol. The molecule has 0 saturated carbocycles. The highest BCUT2D eigenvalue weighted by Gasteiger charge is 2.26. The molecular formula is C85H158NO8P. The normalized spacial score (nSPS) is 13.2. The van der Waals surface area contributed by atoms with Crippen molar-refractivity contribution in [3.8, 4) is 0 Å². The number of phosphoric ester groups is 1. The van der Waals surface area contributed by atoms with E-state index < -0.39 is 26.5 Å². The second kappa shape index (κ2) is 80.4. The molecule has 0 aromatic rings. The van der Waals surface area contributed by atoms with Gasteiger partial charge in [0.25, 0.3) is 0 Å². The van der Waals surface area contributed by atoms with Gasteiger partial charge in [-0.05, 0) is 83.5 Å². The Labute approximate surface area is 590 Å². The third-order valence-electron chi connectivity index (χ3n) is 18.6. The highest BCUT2D eigenvalue weighted by molar-refractivity contribution is 7.47. The van der Waals surface area contributed by atoms with E-state index >= 15 is 0 Å². The van der Waals surface area contributed by atoms with Gasteiger partial charge in [0, 0.05) is 19.4 Å². The van der Waals surface area contributed by atoms with Crippen molar-refractivity contribution in [2.75, 3.05) is 26.4 Å². The van der Waals surface area contributed by atoms with Gasteiger partial charge in [-0.25, -0.2) is 4.57 Å². The summed E-state index contributed by atoms with van der Waals surface area (Å²) in [7, 11) is -4.40. The Hall–Kier alpha value is -2.55. The summed E-state index contributed by atoms with van der Waals surface area (Å²) in [5.74, 6) is -0.802. The first-order valence-electron chi connectivity index (χ1n) is 41.4. The Morgan fingerprint density at radius 2 is 0.579 bits per heavy atom. The summed E-state index contributed by atoms with van der Waals surface area (Å²) in [6, 6.07) is 0. The van der Waals surface area contributed by atoms with Crippen LogP contribution in [-0.2, 0) is 32.7 Å². The number of carbonyl (C=O) groups is 2. The number of ether oxygens (including phenoxy) is 2. The van der Waals surface area contributed by atoms with Crippen LogP contribution in [0.3, 0.4) is 0 Å². The van der Waals surface area contributed by atoms with Crippen molar-refractivity contribution >= 4 is 19.8 Å². The Bertz CT molecular complexity index is 1790. The lowest BCUT2D eigenvalue weighted by Crippen LogP contribution is -2.29. The summed E-state index contributed by atoms with van der Waals surface area (Å²) in [4.78, 5) is 35.5. The Kier molecular flexibility index (Phi) is 78.3. The average molecular weight is 1350 g/mol. The number of hydrogen-bond acceptors (Lipinski definition) is 8. The average Bonchev–Trinajstić information content (AvgIpc) is 3.16. The van der Waals surface area contributed by atoms with Crippen LogP contribution < -0.4 is 5.73 Å². The summed E-state index contributed by atoms with van der Waals surface area (Å²) < 4.78 is 33.3. The number of allylic oxidation sites excluding steroid dienone is 12. The molecule has 0 amide bonds. The van der Waals surface area contributed by atoms with E-state index in [0.717, 1.165) is 64.2 Å². The lowest BCUT2D eigenvalue weighted by Gasteiger charge is -2.19. The molecule has 0 saturated heterocycles. The molecule has 556 valence electrons. The van der Waals surface area contributed by atoms with Crippen LogP contribution in [0.2, 0.25) is 0 Å². The summed E-state index contributed by atoms with van der Waals surface area (Å²) >= 11 is 0. The van der Waals surface area contributed by atoms with E-state index in [1.54, 1.807) is 0 Å². The molecule has 0 bridgehead atoms. The van der Waals surface area contributed by atoms with Gasteiger partial charge in [-0.1, -0.05) is 401 Å². The van der Waals surface area contributed by atoms with Crippen molar-refractivity contribution in [3.63, 3.8) is 0 Å². The molecule has 0 fully saturated rings. The van der Waals surface area contributed by atoms with E-state index in [4.69, 9.17) is 24.3 Å². The molecule has 0 aromatic carbocycles. The quantitative estimate of drug-likeness (QED) is 0.0264. The maximum absolute atomic E-state index is 12.8. The van der Waals surface area contributed by atoms with Crippen LogP contribution in [0.5, 0.6) is 0 Å². The summed E-state index contributed by atoms with van der Waals surface area (Å²) in [5.41, 5.74) is 5.42. The lowest BCUT2D eigenvalue weighted by atomic mass is 10.0. The number of unbranched alkanes of at least 4 members (excludes halogenated alkanes) is 54. The molecule has 10 heteroatoms. The predicted octanol–water partition coefficient (Wildman–Crippen LogP) is 27.9. The van der Waals surface area contributed by atoms with E-state index in [0.29, 0.717) is 6.42 Å². The molecule has 0 rings (SSSR count). The molecule has 95 heavy (non-hydrogen) atoms. The highest BCUT2D eigenvalue weighted by atomic mass is 31.2. The molecule has 0 aliphatic carbocycles. The first kappa shape index (κ1) is 92.4. The fraction of sp³-hybridized carbons (Fsp3) is 0.835. The Morgan fingerprint density at radius 1 is 0.326 bits per heavy atom. The van der Waals surface area contributed by atoms with Gasteiger partial charge in [-0.15, -0.1) is 0 Å². The zero-order valence-corrected chi connectivity index (χ0v) is 63.8. The van der Waals surface area contributed by atoms with Crippen LogP contribution in [0.25, 0.3) is 0 Å². The van der Waals surface area contributed by atoms with Gasteiger partial charge in [-0.2, -0.15) is 0 Å². The zero-order chi connectivity index (χ0) is 68.6. The van der Waals surface area contributed by atoms with Crippen LogP contribution in [0.4, 0.5) is 0 Å². The van der Waals surface area contributed by atoms with Gasteiger partial charge in [0.15, 0.2) is 6.10 Å². The lowest BCUT2D eigenvalue weighted by molar-refractivity contribution is -0.161. The van der Waals surface area contributed by atoms with Gasteiger partial charge >= 0.3 is 19.8 Å². The van der Waals surface area contributed by atoms with Gasteiger partial charge < -0.3 is 20.1 Å². The molecule has 9 nitrogen and oxygen atoms in total. The second-order valence-electron chi connectivity index (χ2n) is 28.0. The Morgan fingerprint density at radius 3 is 0.863 bits per heavy atom. The minimum atomic E-state index is -4.40. The molecule has 2 unspecified atom stereocenters. The van der Waals surface area contributed by atoms with Crippen LogP contribution >= 0.6 is 7.82 Å². The zero-order valence-electron chi connectivity index (χ0n) is 62.9. The van der Waals surface area contributed by atoms with E-state index in [2.05, 4.69) is 86.8 Å². The molecule has 2 atom stereocenters. The minimum absolute atomic E-state index is 0.0554. The fourth-order valence-electron chi connectivity index (χ4n) is 12.5. The van der Waals surface area contributed by atoms with Crippen molar-refractivity contribution in [2.45, 2.75) is 431 Å². The number of phosphoric acid groups is 1. The van der Waals surface area contributed by atoms with Crippen molar-refractivity contribution < 1.29 is 37.6 Å². The molecule has 3 N–H and O–H groups in total. The summed E-state index contributed by atoms with van der Waals surface area (Å²) in [6.07, 6.45) is 108. The predicted molar refractivity (Wildman–Crippen MR) is 413 cm³/mol. The number of esters is 2. The molecule has 0 radical (unpaired) electrons. The highest BCUT2D eigenvalue weighted by Crippen LogP contribution is 2.43. The third kappa shape index (κ3) is 80.3. The standard InChI is InChI=1S/C85H158NO8P/c1-3-5-7-9-11-13-15-17-19-21-23-25-27-29-31-33-35-37-39-40-41-42-44-46-48-50-52-54-56-58-60-62-64-66-68-70-72-74-76-78-85(88)94-83(82-93-95(89,90)92-80-79-86)81-91-84(87)77-75-73-71-69-67-65-63-61-59-57-55-53-51-49-47-45-43-38-36-34-32-30-28-26-24-22-20-18-16-14-12-10-8-6-4-2/h5,7,11,13,16-19,22-25,83H,3-4,6,8-10,12,14-15,20-21,26-82,86H2,1-2H3,(H,89,90)/b7-5-,13-11-,18-16-,19-17-,24-22-,25-23-. The number of hydrogen-bond donors (Lipinski definition) is 2. The van der Waals surface area contributed by atoms with E-state index in [1.807, 2.05) is 0 Å². The molecule has 0 heterocycles. The minimum Gasteiger partial charge on any atom is -0.462 e.